The summed E-state index contributed by atoms with van der Waals surface area (Å²) < 4.78 is 43.0. The Bertz CT molecular complexity index is 904. The first-order valence-corrected chi connectivity index (χ1v) is 7.67. The minimum Gasteiger partial charge on any atom is -0.355 e. The van der Waals surface area contributed by atoms with E-state index in [0.717, 1.165) is 12.1 Å². The topological polar surface area (TPSA) is 68.0 Å². The number of pyridine rings is 1. The molecule has 3 rings (SSSR count). The molecular weight excluding hydrogens is 347 g/mol. The van der Waals surface area contributed by atoms with Crippen LogP contribution in [0, 0.1) is 6.92 Å². The third-order valence-electron chi connectivity index (χ3n) is 3.75. The molecule has 2 heterocycles. The summed E-state index contributed by atoms with van der Waals surface area (Å²) >= 11 is 0. The van der Waals surface area contributed by atoms with Crippen molar-refractivity contribution in [2.75, 3.05) is 0 Å². The summed E-state index contributed by atoms with van der Waals surface area (Å²) in [7, 11) is 0. The largest absolute Gasteiger partial charge is 0.416 e. The van der Waals surface area contributed by atoms with Crippen LogP contribution in [0.2, 0.25) is 0 Å². The molecule has 0 aliphatic carbocycles. The summed E-state index contributed by atoms with van der Waals surface area (Å²) in [6, 6.07) is 8.05. The summed E-state index contributed by atoms with van der Waals surface area (Å²) in [6.07, 6.45) is -1.25. The molecule has 1 aromatic carbocycles. The average molecular weight is 361 g/mol. The van der Waals surface area contributed by atoms with Gasteiger partial charge in [-0.1, -0.05) is 17.3 Å². The highest BCUT2D eigenvalue weighted by Crippen LogP contribution is 2.29. The van der Waals surface area contributed by atoms with Crippen LogP contribution in [0.4, 0.5) is 13.2 Å². The van der Waals surface area contributed by atoms with Gasteiger partial charge in [0.1, 0.15) is 5.56 Å². The van der Waals surface area contributed by atoms with Crippen molar-refractivity contribution in [3.05, 3.63) is 71.2 Å². The Kier molecular flexibility index (Phi) is 4.75. The van der Waals surface area contributed by atoms with E-state index in [2.05, 4.69) is 15.5 Å². The molecule has 1 amide bonds. The molecular formula is C18H14F3N3O2. The Hall–Kier alpha value is -3.16. The van der Waals surface area contributed by atoms with Crippen molar-refractivity contribution in [2.24, 2.45) is 0 Å². The van der Waals surface area contributed by atoms with Crippen LogP contribution in [0.1, 0.15) is 27.2 Å². The van der Waals surface area contributed by atoms with E-state index in [1.54, 1.807) is 31.5 Å². The van der Waals surface area contributed by atoms with Gasteiger partial charge in [0.15, 0.2) is 5.76 Å². The predicted molar refractivity (Wildman–Crippen MR) is 87.1 cm³/mol. The number of alkyl halides is 3. The lowest BCUT2D eigenvalue weighted by Gasteiger charge is -2.09. The Labute approximate surface area is 146 Å². The molecule has 3 aromatic rings. The number of carbonyl (C=O) groups excluding carboxylic acids is 1. The van der Waals surface area contributed by atoms with E-state index in [-0.39, 0.29) is 12.1 Å². The zero-order valence-electron chi connectivity index (χ0n) is 13.7. The van der Waals surface area contributed by atoms with Gasteiger partial charge in [-0.15, -0.1) is 0 Å². The van der Waals surface area contributed by atoms with Crippen molar-refractivity contribution in [3.8, 4) is 11.3 Å². The second-order valence-electron chi connectivity index (χ2n) is 5.59. The van der Waals surface area contributed by atoms with Gasteiger partial charge < -0.3 is 9.84 Å². The number of nitrogens with one attached hydrogen (secondary N) is 1. The Morgan fingerprint density at radius 2 is 1.92 bits per heavy atom. The van der Waals surface area contributed by atoms with Crippen LogP contribution < -0.4 is 5.32 Å². The van der Waals surface area contributed by atoms with E-state index in [1.807, 2.05) is 0 Å². The molecule has 5 nitrogen and oxygen atoms in total. The number of rotatable bonds is 4. The van der Waals surface area contributed by atoms with Crippen molar-refractivity contribution in [2.45, 2.75) is 19.6 Å². The summed E-state index contributed by atoms with van der Waals surface area (Å²) in [5, 5.41) is 6.49. The first kappa shape index (κ1) is 17.7. The van der Waals surface area contributed by atoms with Gasteiger partial charge >= 0.3 is 6.18 Å². The Balaban J connectivity index is 1.74. The number of amides is 1. The lowest BCUT2D eigenvalue weighted by Crippen LogP contribution is -2.23. The first-order chi connectivity index (χ1) is 12.4. The predicted octanol–water partition coefficient (Wildman–Crippen LogP) is 3.99. The van der Waals surface area contributed by atoms with Crippen LogP contribution in [0.15, 0.2) is 53.3 Å². The third kappa shape index (κ3) is 3.74. The normalized spacial score (nSPS) is 11.4. The van der Waals surface area contributed by atoms with Gasteiger partial charge in [0.25, 0.3) is 5.91 Å². The SMILES string of the molecule is Cc1noc(-c2cccnc2)c1C(=O)NCc1ccc(C(F)(F)F)cc1. The second-order valence-corrected chi connectivity index (χ2v) is 5.59. The number of carbonyl (C=O) groups is 1. The molecule has 1 N–H and O–H groups in total. The lowest BCUT2D eigenvalue weighted by atomic mass is 10.1. The average Bonchev–Trinajstić information content (AvgIpc) is 3.02. The molecule has 8 heteroatoms. The molecule has 0 saturated carbocycles. The molecule has 0 unspecified atom stereocenters. The highest BCUT2D eigenvalue weighted by Gasteiger charge is 2.30. The highest BCUT2D eigenvalue weighted by molar-refractivity contribution is 6.00. The number of hydrogen-bond donors (Lipinski definition) is 1. The summed E-state index contributed by atoms with van der Waals surface area (Å²) in [4.78, 5) is 16.5. The van der Waals surface area contributed by atoms with Gasteiger partial charge in [-0.25, -0.2) is 0 Å². The van der Waals surface area contributed by atoms with Crippen LogP contribution in [-0.4, -0.2) is 16.0 Å². The molecule has 26 heavy (non-hydrogen) atoms. The van der Waals surface area contributed by atoms with Crippen LogP contribution in [0.3, 0.4) is 0 Å². The van der Waals surface area contributed by atoms with Gasteiger partial charge in [0.05, 0.1) is 11.3 Å². The molecule has 134 valence electrons. The van der Waals surface area contributed by atoms with E-state index in [1.165, 1.54) is 12.1 Å². The maximum Gasteiger partial charge on any atom is 0.416 e. The number of hydrogen-bond acceptors (Lipinski definition) is 4. The minimum absolute atomic E-state index is 0.0775. The van der Waals surface area contributed by atoms with Crippen LogP contribution in [0.5, 0.6) is 0 Å². The van der Waals surface area contributed by atoms with Crippen molar-refractivity contribution < 1.29 is 22.5 Å². The maximum absolute atomic E-state index is 12.6. The molecule has 2 aromatic heterocycles. The minimum atomic E-state index is -4.39. The second kappa shape index (κ2) is 6.99. The molecule has 0 radical (unpaired) electrons. The molecule has 0 fully saturated rings. The quantitative estimate of drug-likeness (QED) is 0.763. The Morgan fingerprint density at radius 3 is 2.54 bits per heavy atom. The van der Waals surface area contributed by atoms with E-state index >= 15 is 0 Å². The van der Waals surface area contributed by atoms with Gasteiger partial charge in [0.2, 0.25) is 0 Å². The summed E-state index contributed by atoms with van der Waals surface area (Å²) in [5.74, 6) is -0.136. The van der Waals surface area contributed by atoms with Crippen molar-refractivity contribution in [3.63, 3.8) is 0 Å². The summed E-state index contributed by atoms with van der Waals surface area (Å²) in [6.45, 7) is 1.71. The molecule has 0 spiro atoms. The van der Waals surface area contributed by atoms with E-state index in [4.69, 9.17) is 4.52 Å². The highest BCUT2D eigenvalue weighted by atomic mass is 19.4. The number of aromatic nitrogens is 2. The zero-order chi connectivity index (χ0) is 18.7. The van der Waals surface area contributed by atoms with Crippen molar-refractivity contribution in [1.82, 2.24) is 15.5 Å². The number of nitrogens with zero attached hydrogens (tertiary/aromatic N) is 2. The van der Waals surface area contributed by atoms with Gasteiger partial charge in [0, 0.05) is 24.5 Å². The summed E-state index contributed by atoms with van der Waals surface area (Å²) in [5.41, 5.74) is 1.09. The fourth-order valence-corrected chi connectivity index (χ4v) is 2.41. The number of benzene rings is 1. The molecule has 0 saturated heterocycles. The van der Waals surface area contributed by atoms with Crippen molar-refractivity contribution >= 4 is 5.91 Å². The fourth-order valence-electron chi connectivity index (χ4n) is 2.41. The van der Waals surface area contributed by atoms with Crippen molar-refractivity contribution in [1.29, 1.82) is 0 Å². The fraction of sp³-hybridized carbons (Fsp3) is 0.167. The third-order valence-corrected chi connectivity index (χ3v) is 3.75. The maximum atomic E-state index is 12.6. The van der Waals surface area contributed by atoms with E-state index in [9.17, 15) is 18.0 Å². The zero-order valence-corrected chi connectivity index (χ0v) is 13.7. The molecule has 0 aliphatic rings. The smallest absolute Gasteiger partial charge is 0.355 e. The molecule has 0 aliphatic heterocycles. The van der Waals surface area contributed by atoms with Gasteiger partial charge in [-0.2, -0.15) is 13.2 Å². The monoisotopic (exact) mass is 361 g/mol. The van der Waals surface area contributed by atoms with Crippen LogP contribution in [-0.2, 0) is 12.7 Å². The van der Waals surface area contributed by atoms with Gasteiger partial charge in [-0.3, -0.25) is 9.78 Å². The number of halogens is 3. The van der Waals surface area contributed by atoms with Crippen LogP contribution >= 0.6 is 0 Å². The van der Waals surface area contributed by atoms with Crippen LogP contribution in [0.25, 0.3) is 11.3 Å². The molecule has 0 atom stereocenters. The lowest BCUT2D eigenvalue weighted by molar-refractivity contribution is -0.137. The standard InChI is InChI=1S/C18H14F3N3O2/c1-11-15(16(26-24-11)13-3-2-8-22-10-13)17(25)23-9-12-4-6-14(7-5-12)18(19,20)21/h2-8,10H,9H2,1H3,(H,23,25). The molecule has 0 bridgehead atoms. The Morgan fingerprint density at radius 1 is 1.19 bits per heavy atom. The first-order valence-electron chi connectivity index (χ1n) is 7.67. The van der Waals surface area contributed by atoms with E-state index in [0.29, 0.717) is 22.6 Å². The number of aryl methyl sites for hydroxylation is 1. The van der Waals surface area contributed by atoms with Gasteiger partial charge in [-0.05, 0) is 36.8 Å². The van der Waals surface area contributed by atoms with E-state index < -0.39 is 17.6 Å².